The molecule has 0 aliphatic heterocycles. The number of aromatic amines is 1. The van der Waals surface area contributed by atoms with Crippen LogP contribution in [0.1, 0.15) is 6.42 Å². The molecule has 0 bridgehead atoms. The zero-order valence-electron chi connectivity index (χ0n) is 14.4. The van der Waals surface area contributed by atoms with Crippen molar-refractivity contribution in [2.45, 2.75) is 11.4 Å². The minimum Gasteiger partial charge on any atom is -0.497 e. The van der Waals surface area contributed by atoms with Crippen molar-refractivity contribution < 1.29 is 18.7 Å². The van der Waals surface area contributed by atoms with E-state index in [1.165, 1.54) is 16.4 Å². The predicted octanol–water partition coefficient (Wildman–Crippen LogP) is 3.03. The molecule has 1 amide bonds. The molecule has 0 fully saturated rings. The predicted molar refractivity (Wildman–Crippen MR) is 103 cm³/mol. The van der Waals surface area contributed by atoms with Gasteiger partial charge in [-0.15, -0.1) is 0 Å². The van der Waals surface area contributed by atoms with Crippen molar-refractivity contribution in [2.75, 3.05) is 18.2 Å². The lowest BCUT2D eigenvalue weighted by molar-refractivity contribution is -0.704. The summed E-state index contributed by atoms with van der Waals surface area (Å²) in [5.41, 5.74) is 0.896. The maximum atomic E-state index is 12.0. The van der Waals surface area contributed by atoms with Crippen molar-refractivity contribution in [1.29, 1.82) is 0 Å². The van der Waals surface area contributed by atoms with Crippen molar-refractivity contribution in [3.63, 3.8) is 0 Å². The van der Waals surface area contributed by atoms with Crippen molar-refractivity contribution >= 4 is 35.0 Å². The lowest BCUT2D eigenvalue weighted by Gasteiger charge is -2.04. The van der Waals surface area contributed by atoms with Crippen LogP contribution in [-0.2, 0) is 4.79 Å². The number of thioether (sulfide) groups is 1. The molecule has 2 N–H and O–H groups in total. The third kappa shape index (κ3) is 4.93. The molecule has 7 nitrogen and oxygen atoms in total. The van der Waals surface area contributed by atoms with Crippen LogP contribution in [0.3, 0.4) is 0 Å². The third-order valence-electron chi connectivity index (χ3n) is 3.63. The van der Waals surface area contributed by atoms with Crippen LogP contribution in [0.2, 0.25) is 5.02 Å². The fraction of sp³-hybridized carbons (Fsp3) is 0.167. The van der Waals surface area contributed by atoms with Crippen molar-refractivity contribution in [2.24, 2.45) is 0 Å². The van der Waals surface area contributed by atoms with Crippen molar-refractivity contribution in [3.05, 3.63) is 64.0 Å². The minimum atomic E-state index is -0.492. The van der Waals surface area contributed by atoms with E-state index in [0.717, 1.165) is 5.69 Å². The number of H-pyrrole nitrogens is 1. The molecular formula is C18H17ClN3O4S+. The van der Waals surface area contributed by atoms with E-state index in [2.05, 4.69) is 10.6 Å². The second-order valence-corrected chi connectivity index (χ2v) is 6.99. The number of carbonyl (C=O) groups is 1. The highest BCUT2D eigenvalue weighted by atomic mass is 35.5. The maximum absolute atomic E-state index is 12.0. The molecule has 0 aliphatic rings. The topological polar surface area (TPSA) is 88.2 Å². The molecule has 0 aliphatic carbocycles. The van der Waals surface area contributed by atoms with E-state index in [9.17, 15) is 9.59 Å². The number of hydrogen-bond acceptors (Lipinski definition) is 5. The summed E-state index contributed by atoms with van der Waals surface area (Å²) >= 11 is 7.06. The Balaban J connectivity index is 1.61. The van der Waals surface area contributed by atoms with Gasteiger partial charge in [0, 0.05) is 35.0 Å². The summed E-state index contributed by atoms with van der Waals surface area (Å²) < 4.78 is 11.5. The summed E-state index contributed by atoms with van der Waals surface area (Å²) in [7, 11) is 1.58. The van der Waals surface area contributed by atoms with E-state index in [1.807, 2.05) is 0 Å². The number of halogens is 1. The summed E-state index contributed by atoms with van der Waals surface area (Å²) in [5.74, 6) is 0.970. The first kappa shape index (κ1) is 19.1. The summed E-state index contributed by atoms with van der Waals surface area (Å²) in [5, 5.41) is 6.31. The first-order chi connectivity index (χ1) is 13.1. The van der Waals surface area contributed by atoms with E-state index < -0.39 is 5.63 Å². The van der Waals surface area contributed by atoms with Gasteiger partial charge in [-0.1, -0.05) is 11.6 Å². The monoisotopic (exact) mass is 406 g/mol. The second kappa shape index (κ2) is 8.79. The largest absolute Gasteiger partial charge is 0.497 e. The van der Waals surface area contributed by atoms with Crippen LogP contribution in [0.15, 0.2) is 62.9 Å². The molecular weight excluding hydrogens is 390 g/mol. The first-order valence-electron chi connectivity index (χ1n) is 8.03. The van der Waals surface area contributed by atoms with Crippen LogP contribution >= 0.6 is 23.4 Å². The van der Waals surface area contributed by atoms with E-state index in [4.69, 9.17) is 20.9 Å². The summed E-state index contributed by atoms with van der Waals surface area (Å²) in [4.78, 5) is 24.0. The summed E-state index contributed by atoms with van der Waals surface area (Å²) in [6, 6.07) is 14.0. The Morgan fingerprint density at radius 2 is 1.93 bits per heavy atom. The number of nitrogens with zero attached hydrogens (tertiary/aromatic N) is 1. The standard InChI is InChI=1S/C18H16ClN3O4S/c1-25-15-8-6-14(7-9-15)22-17(18(24)26-21-22)27-11-10-16(23)20-13-4-2-12(19)3-5-13/h2-9H,10-11H2,1H3,(H-,20,21,23,24)/p+1. The molecule has 9 heteroatoms. The molecule has 140 valence electrons. The third-order valence-corrected chi connectivity index (χ3v) is 4.92. The van der Waals surface area contributed by atoms with Crippen LogP contribution in [0, 0.1) is 0 Å². The Hall–Kier alpha value is -2.71. The Bertz CT molecular complexity index is 968. The number of anilines is 1. The molecule has 0 saturated heterocycles. The molecule has 0 saturated carbocycles. The number of amides is 1. The Labute approximate surface area is 164 Å². The number of aromatic nitrogens is 2. The molecule has 1 heterocycles. The number of methoxy groups -OCH3 is 1. The first-order valence-corrected chi connectivity index (χ1v) is 9.39. The van der Waals surface area contributed by atoms with Gasteiger partial charge in [0.05, 0.1) is 7.11 Å². The highest BCUT2D eigenvalue weighted by molar-refractivity contribution is 7.99. The Morgan fingerprint density at radius 3 is 2.59 bits per heavy atom. The molecule has 3 aromatic rings. The average Bonchev–Trinajstić information content (AvgIpc) is 3.04. The van der Waals surface area contributed by atoms with Gasteiger partial charge >= 0.3 is 10.7 Å². The number of ether oxygens (including phenoxy) is 1. The fourth-order valence-corrected chi connectivity index (χ4v) is 3.32. The smallest absolute Gasteiger partial charge is 0.442 e. The molecule has 3 rings (SSSR count). The highest BCUT2D eigenvalue weighted by Gasteiger charge is 2.24. The molecule has 0 unspecified atom stereocenters. The molecule has 0 spiro atoms. The fourth-order valence-electron chi connectivity index (χ4n) is 2.29. The number of rotatable bonds is 7. The van der Waals surface area contributed by atoms with E-state index >= 15 is 0 Å². The van der Waals surface area contributed by atoms with Crippen LogP contribution < -0.4 is 20.4 Å². The molecule has 0 radical (unpaired) electrons. The second-order valence-electron chi connectivity index (χ2n) is 5.47. The van der Waals surface area contributed by atoms with Crippen LogP contribution in [-0.4, -0.2) is 24.0 Å². The van der Waals surface area contributed by atoms with Crippen molar-refractivity contribution in [3.8, 4) is 11.4 Å². The van der Waals surface area contributed by atoms with Gasteiger partial charge in [-0.3, -0.25) is 9.32 Å². The number of benzene rings is 2. The van der Waals surface area contributed by atoms with Gasteiger partial charge in [0.2, 0.25) is 11.6 Å². The Morgan fingerprint density at radius 1 is 1.22 bits per heavy atom. The molecule has 2 aromatic carbocycles. The SMILES string of the molecule is COc1ccc(-[n+]2[nH]oc(=O)c2SCCC(=O)Nc2ccc(Cl)cc2)cc1. The number of nitrogens with one attached hydrogen (secondary N) is 2. The normalized spacial score (nSPS) is 10.6. The number of carbonyl (C=O) groups excluding carboxylic acids is 1. The summed E-state index contributed by atoms with van der Waals surface area (Å²) in [6.45, 7) is 0. The van der Waals surface area contributed by atoms with Crippen LogP contribution in [0.25, 0.3) is 5.69 Å². The van der Waals surface area contributed by atoms with Gasteiger partial charge in [-0.2, -0.15) is 0 Å². The van der Waals surface area contributed by atoms with Crippen LogP contribution in [0.5, 0.6) is 5.75 Å². The quantitative estimate of drug-likeness (QED) is 0.465. The zero-order chi connectivity index (χ0) is 19.2. The zero-order valence-corrected chi connectivity index (χ0v) is 16.0. The Kier molecular flexibility index (Phi) is 6.20. The van der Waals surface area contributed by atoms with Crippen molar-refractivity contribution in [1.82, 2.24) is 5.27 Å². The minimum absolute atomic E-state index is 0.152. The number of hydrogen-bond donors (Lipinski definition) is 2. The summed E-state index contributed by atoms with van der Waals surface area (Å²) in [6.07, 6.45) is 0.237. The highest BCUT2D eigenvalue weighted by Crippen LogP contribution is 2.17. The van der Waals surface area contributed by atoms with Gasteiger partial charge in [-0.05, 0) is 58.1 Å². The van der Waals surface area contributed by atoms with E-state index in [-0.39, 0.29) is 12.3 Å². The molecule has 0 atom stereocenters. The molecule has 1 aromatic heterocycles. The molecule has 27 heavy (non-hydrogen) atoms. The van der Waals surface area contributed by atoms with Gasteiger partial charge < -0.3 is 10.1 Å². The van der Waals surface area contributed by atoms with Gasteiger partial charge in [0.15, 0.2) is 0 Å². The van der Waals surface area contributed by atoms with Gasteiger partial charge in [0.1, 0.15) is 5.75 Å². The van der Waals surface area contributed by atoms with Gasteiger partial charge in [-0.25, -0.2) is 4.79 Å². The lowest BCUT2D eigenvalue weighted by Crippen LogP contribution is -2.36. The van der Waals surface area contributed by atoms with E-state index in [1.54, 1.807) is 55.6 Å². The average molecular weight is 407 g/mol. The lowest BCUT2D eigenvalue weighted by atomic mass is 10.3. The maximum Gasteiger partial charge on any atom is 0.442 e. The van der Waals surface area contributed by atoms with Gasteiger partial charge in [0.25, 0.3) is 0 Å². The van der Waals surface area contributed by atoms with Crippen LogP contribution in [0.4, 0.5) is 5.69 Å². The van der Waals surface area contributed by atoms with E-state index in [0.29, 0.717) is 27.2 Å².